The first kappa shape index (κ1) is 50.9. The van der Waals surface area contributed by atoms with Gasteiger partial charge in [0.1, 0.15) is 19.8 Å². The number of aromatic nitrogens is 8. The van der Waals surface area contributed by atoms with Gasteiger partial charge in [-0.1, -0.05) is 86.3 Å². The van der Waals surface area contributed by atoms with Crippen molar-refractivity contribution in [3.8, 4) is 18.0 Å². The number of carbonyl (C=O) groups is 1. The second-order valence-corrected chi connectivity index (χ2v) is 10.6. The van der Waals surface area contributed by atoms with Crippen LogP contribution in [0.25, 0.3) is 0 Å². The largest absolute Gasteiger partial charge is 0.461 e. The summed E-state index contributed by atoms with van der Waals surface area (Å²) in [5.41, 5.74) is 5.34. The van der Waals surface area contributed by atoms with Crippen molar-refractivity contribution < 1.29 is 36.6 Å². The van der Waals surface area contributed by atoms with Crippen molar-refractivity contribution in [2.24, 2.45) is 0 Å². The van der Waals surface area contributed by atoms with Gasteiger partial charge in [0.15, 0.2) is 33.6 Å². The number of hydrogen-bond donors (Lipinski definition) is 3. The number of H-pyrrole nitrogens is 1. The average molecular weight is 855 g/mol. The zero-order chi connectivity index (χ0) is 40.8. The summed E-state index contributed by atoms with van der Waals surface area (Å²) >= 11 is 15.8. The van der Waals surface area contributed by atoms with Gasteiger partial charge in [0.05, 0.1) is 24.8 Å². The Bertz CT molecular complexity index is 2130. The van der Waals surface area contributed by atoms with E-state index in [2.05, 4.69) is 70.5 Å². The lowest BCUT2D eigenvalue weighted by Crippen LogP contribution is -2.30. The van der Waals surface area contributed by atoms with Crippen LogP contribution in [0.4, 0.5) is 23.4 Å². The summed E-state index contributed by atoms with van der Waals surface area (Å²) in [6.07, 6.45) is 8.15. The number of rotatable bonds is 12. The van der Waals surface area contributed by atoms with Gasteiger partial charge in [-0.05, 0) is 30.7 Å². The molecule has 0 atom stereocenters. The lowest BCUT2D eigenvalue weighted by molar-refractivity contribution is 0.0962. The highest BCUT2D eigenvalue weighted by molar-refractivity contribution is 6.31. The summed E-state index contributed by atoms with van der Waals surface area (Å²) in [7, 11) is 0. The van der Waals surface area contributed by atoms with E-state index in [1.165, 1.54) is 18.2 Å². The predicted octanol–water partition coefficient (Wildman–Crippen LogP) is 6.73. The van der Waals surface area contributed by atoms with Gasteiger partial charge in [0, 0.05) is 14.0 Å². The number of aromatic amines is 1. The highest BCUT2D eigenvalue weighted by Gasteiger charge is 2.10. The number of ether oxygens (including phenoxy) is 3. The van der Waals surface area contributed by atoms with Crippen LogP contribution in [0.15, 0.2) is 91.8 Å². The van der Waals surface area contributed by atoms with Crippen molar-refractivity contribution in [1.29, 1.82) is 0 Å². The molecule has 4 aromatic heterocycles. The second-order valence-electron chi connectivity index (χ2n) is 9.53. The van der Waals surface area contributed by atoms with E-state index >= 15 is 0 Å². The van der Waals surface area contributed by atoms with Crippen molar-refractivity contribution in [2.45, 2.75) is 14.4 Å². The number of anilines is 1. The standard InChI is InChI=1S/C15H15FN4O2.C7H6ClFN2O.C7H7FN2O2.C4HCl2FN2.CH4.B/c1-3-7-22-15-17-9-12(16)13(18-15)19-20-14(21)11-6-4-5-10(2)8-11;1-2-3-12-7-10-4-5(9)6(8)11-7;1-2-3-12-7-9-4-5(8)6(11)10-7;5-3-2(7)1-8-4(6)9-3;;/h3-6,8-9H,1,7H2,2H3,(H,20,21)(H,17,18,19);2,4H,1,3H2;2,4H,1,3H2,(H,9,10,11);1H;1H4;. The summed E-state index contributed by atoms with van der Waals surface area (Å²) < 4.78 is 65.4. The van der Waals surface area contributed by atoms with Crippen LogP contribution in [-0.2, 0) is 0 Å². The number of hydrogen-bond acceptors (Lipinski definition) is 13. The Balaban J connectivity index is 0.000000772. The highest BCUT2D eigenvalue weighted by Crippen LogP contribution is 2.14. The van der Waals surface area contributed by atoms with Gasteiger partial charge in [0.2, 0.25) is 11.1 Å². The number of carbonyl (C=O) groups excluding carboxylic acids is 1. The maximum absolute atomic E-state index is 13.6. The molecule has 0 aliphatic carbocycles. The molecule has 3 radical (unpaired) electrons. The quantitative estimate of drug-likeness (QED) is 0.0299. The van der Waals surface area contributed by atoms with E-state index in [0.717, 1.165) is 30.4 Å². The summed E-state index contributed by atoms with van der Waals surface area (Å²) in [6.45, 7) is 12.9. The number of nitrogens with one attached hydrogen (secondary N) is 3. The van der Waals surface area contributed by atoms with Gasteiger partial charge in [-0.15, -0.1) is 0 Å². The highest BCUT2D eigenvalue weighted by atomic mass is 35.5. The molecule has 1 aromatic carbocycles. The third-order valence-corrected chi connectivity index (χ3v) is 6.09. The second kappa shape index (κ2) is 27.5. The van der Waals surface area contributed by atoms with Gasteiger partial charge in [-0.25, -0.2) is 38.1 Å². The number of aryl methyl sites for hydroxylation is 1. The average Bonchev–Trinajstić information content (AvgIpc) is 3.17. The van der Waals surface area contributed by atoms with Crippen LogP contribution in [0.3, 0.4) is 0 Å². The fraction of sp³-hybridized carbons (Fsp3) is 0.147. The van der Waals surface area contributed by atoms with Crippen molar-refractivity contribution in [3.05, 3.63) is 147 Å². The zero-order valence-electron chi connectivity index (χ0n) is 29.0. The summed E-state index contributed by atoms with van der Waals surface area (Å²) in [6, 6.07) is 7.01. The van der Waals surface area contributed by atoms with Crippen LogP contribution < -0.4 is 30.6 Å². The van der Waals surface area contributed by atoms with Crippen LogP contribution >= 0.6 is 34.8 Å². The van der Waals surface area contributed by atoms with Crippen molar-refractivity contribution in [2.75, 3.05) is 25.2 Å². The Morgan fingerprint density at radius 3 is 1.82 bits per heavy atom. The van der Waals surface area contributed by atoms with Crippen molar-refractivity contribution >= 4 is 54.9 Å². The maximum atomic E-state index is 13.6. The van der Waals surface area contributed by atoms with E-state index in [9.17, 15) is 27.2 Å². The molecule has 301 valence electrons. The molecule has 0 fully saturated rings. The van der Waals surface area contributed by atoms with Gasteiger partial charge in [-0.3, -0.25) is 25.4 Å². The lowest BCUT2D eigenvalue weighted by Gasteiger charge is -2.10. The van der Waals surface area contributed by atoms with Gasteiger partial charge in [-0.2, -0.15) is 14.4 Å². The molecular formula is C34H33BCl3F4N10O5. The molecule has 5 aromatic rings. The first-order valence-corrected chi connectivity index (χ1v) is 16.0. The predicted molar refractivity (Wildman–Crippen MR) is 208 cm³/mol. The zero-order valence-corrected chi connectivity index (χ0v) is 31.3. The Hall–Kier alpha value is -6.12. The molecule has 3 N–H and O–H groups in total. The number of hydrazine groups is 1. The number of amides is 1. The number of benzene rings is 1. The van der Waals surface area contributed by atoms with E-state index < -0.39 is 34.7 Å². The molecule has 0 spiro atoms. The molecular weight excluding hydrogens is 822 g/mol. The number of nitrogens with zero attached hydrogens (tertiary/aromatic N) is 7. The van der Waals surface area contributed by atoms with E-state index in [0.29, 0.717) is 5.56 Å². The smallest absolute Gasteiger partial charge is 0.318 e. The summed E-state index contributed by atoms with van der Waals surface area (Å²) in [5, 5.41) is -0.555. The minimum atomic E-state index is -0.930. The first-order chi connectivity index (χ1) is 26.3. The fourth-order valence-electron chi connectivity index (χ4n) is 3.05. The molecule has 0 bridgehead atoms. The fourth-order valence-corrected chi connectivity index (χ4v) is 3.48. The minimum Gasteiger partial charge on any atom is -0.461 e. The van der Waals surface area contributed by atoms with Crippen LogP contribution in [0.5, 0.6) is 18.0 Å². The molecule has 23 heteroatoms. The van der Waals surface area contributed by atoms with E-state index in [4.69, 9.17) is 49.0 Å². The van der Waals surface area contributed by atoms with E-state index in [-0.39, 0.29) is 75.1 Å². The molecule has 4 heterocycles. The monoisotopic (exact) mass is 853 g/mol. The summed E-state index contributed by atoms with van der Waals surface area (Å²) in [4.78, 5) is 49.3. The molecule has 5 rings (SSSR count). The Kier molecular flexibility index (Phi) is 24.5. The van der Waals surface area contributed by atoms with Crippen LogP contribution in [0.2, 0.25) is 15.6 Å². The van der Waals surface area contributed by atoms with Gasteiger partial charge >= 0.3 is 12.0 Å². The Morgan fingerprint density at radius 2 is 1.30 bits per heavy atom. The first-order valence-electron chi connectivity index (χ1n) is 14.9. The number of halogens is 7. The molecule has 57 heavy (non-hydrogen) atoms. The molecule has 0 saturated heterocycles. The molecule has 0 saturated carbocycles. The van der Waals surface area contributed by atoms with Gasteiger partial charge < -0.3 is 14.2 Å². The topological polar surface area (TPSA) is 192 Å². The van der Waals surface area contributed by atoms with Crippen LogP contribution in [0, 0.1) is 30.2 Å². The molecule has 15 nitrogen and oxygen atoms in total. The molecule has 0 aliphatic rings. The van der Waals surface area contributed by atoms with Crippen molar-refractivity contribution in [3.63, 3.8) is 0 Å². The third kappa shape index (κ3) is 19.4. The van der Waals surface area contributed by atoms with Crippen LogP contribution in [-0.4, -0.2) is 74.0 Å². The SMILES string of the molecule is C.C=CCOc1ncc(F)c(=O)[nH]1.C=CCOc1ncc(F)c(Cl)n1.C=CCOc1ncc(F)c(NNC(=O)c2cccc(C)c2)n1.Fc1cnc(Cl)nc1Cl.[B]. The van der Waals surface area contributed by atoms with Crippen molar-refractivity contribution in [1.82, 2.24) is 45.3 Å². The Morgan fingerprint density at radius 1 is 0.772 bits per heavy atom. The molecule has 0 aliphatic heterocycles. The molecule has 1 amide bonds. The Labute approximate surface area is 340 Å². The van der Waals surface area contributed by atoms with Gasteiger partial charge in [0.25, 0.3) is 17.5 Å². The molecule has 0 unspecified atom stereocenters. The summed E-state index contributed by atoms with van der Waals surface area (Å²) in [5.74, 6) is -3.56. The van der Waals surface area contributed by atoms with Crippen LogP contribution in [0.1, 0.15) is 23.3 Å². The normalized spacial score (nSPS) is 9.33. The third-order valence-electron chi connectivity index (χ3n) is 5.38. The van der Waals surface area contributed by atoms with E-state index in [1.54, 1.807) is 18.2 Å². The van der Waals surface area contributed by atoms with E-state index in [1.807, 2.05) is 13.0 Å². The maximum Gasteiger partial charge on any atom is 0.318 e. The lowest BCUT2D eigenvalue weighted by atomic mass is 10.1. The minimum absolute atomic E-state index is 0.